The lowest BCUT2D eigenvalue weighted by molar-refractivity contribution is -0.643. The van der Waals surface area contributed by atoms with Crippen LogP contribution in [0.4, 0.5) is 0 Å². The van der Waals surface area contributed by atoms with E-state index in [0.29, 0.717) is 0 Å². The smallest absolute Gasteiger partial charge is 0.224 e. The molecule has 0 bridgehead atoms. The summed E-state index contributed by atoms with van der Waals surface area (Å²) < 4.78 is 4.79. The topological polar surface area (TPSA) is 8.29 Å². The van der Waals surface area contributed by atoms with Gasteiger partial charge in [-0.3, -0.25) is 0 Å². The van der Waals surface area contributed by atoms with Crippen LogP contribution in [0.2, 0.25) is 0 Å². The van der Waals surface area contributed by atoms with Crippen molar-refractivity contribution >= 4 is 49.0 Å². The molecule has 3 heterocycles. The minimum Gasteiger partial charge on any atom is -0.307 e. The Morgan fingerprint density at radius 2 is 1.44 bits per heavy atom. The van der Waals surface area contributed by atoms with E-state index in [4.69, 9.17) is 0 Å². The molecule has 0 spiro atoms. The summed E-state index contributed by atoms with van der Waals surface area (Å²) in [5.74, 6) is 0. The zero-order chi connectivity index (χ0) is 18.4. The van der Waals surface area contributed by atoms with Crippen molar-refractivity contribution in [2.24, 2.45) is 7.05 Å². The van der Waals surface area contributed by atoms with Crippen molar-refractivity contribution in [3.8, 4) is 0 Å². The average molecular weight is 349 g/mol. The minimum absolute atomic E-state index is 1.29. The summed E-state index contributed by atoms with van der Waals surface area (Å²) in [5, 5.41) is 6.78. The lowest BCUT2D eigenvalue weighted by atomic mass is 9.93. The molecule has 0 aliphatic heterocycles. The Morgan fingerprint density at radius 1 is 0.704 bits per heavy atom. The quantitative estimate of drug-likeness (QED) is 0.188. The molecule has 0 saturated carbocycles. The largest absolute Gasteiger partial charge is 0.307 e. The third-order valence-electron chi connectivity index (χ3n) is 6.61. The first-order valence-electron chi connectivity index (χ1n) is 9.54. The molecule has 0 radical (unpaired) electrons. The van der Waals surface area contributed by atoms with Crippen LogP contribution in [0.1, 0.15) is 16.7 Å². The second-order valence-electron chi connectivity index (χ2n) is 7.84. The van der Waals surface area contributed by atoms with Crippen LogP contribution in [0, 0.1) is 20.8 Å². The van der Waals surface area contributed by atoms with Crippen LogP contribution in [-0.2, 0) is 7.05 Å². The van der Waals surface area contributed by atoms with Crippen LogP contribution < -0.4 is 4.57 Å². The summed E-state index contributed by atoms with van der Waals surface area (Å²) in [5.41, 5.74) is 9.48. The first kappa shape index (κ1) is 15.0. The molecule has 0 aliphatic rings. The van der Waals surface area contributed by atoms with Gasteiger partial charge < -0.3 is 4.40 Å². The van der Waals surface area contributed by atoms with Crippen molar-refractivity contribution in [3.63, 3.8) is 0 Å². The second kappa shape index (κ2) is 4.77. The number of pyridine rings is 2. The Hall–Kier alpha value is -3.13. The third-order valence-corrected chi connectivity index (χ3v) is 6.61. The number of rotatable bonds is 0. The molecule has 130 valence electrons. The van der Waals surface area contributed by atoms with Gasteiger partial charge in [0, 0.05) is 16.8 Å². The van der Waals surface area contributed by atoms with Crippen LogP contribution in [0.25, 0.3) is 49.0 Å². The SMILES string of the molecule is Cc1c(C)c2c3ccccc3n3c4cccc5cc[n+](C)c(c(c1C)c23)c54. The second-order valence-corrected chi connectivity index (χ2v) is 7.84. The lowest BCUT2D eigenvalue weighted by Crippen LogP contribution is -2.29. The monoisotopic (exact) mass is 349 g/mol. The molecule has 6 aromatic rings. The fourth-order valence-corrected chi connectivity index (χ4v) is 5.12. The maximum absolute atomic E-state index is 2.49. The van der Waals surface area contributed by atoms with Crippen LogP contribution in [-0.4, -0.2) is 4.40 Å². The summed E-state index contributed by atoms with van der Waals surface area (Å²) in [7, 11) is 2.17. The molecule has 0 fully saturated rings. The maximum Gasteiger partial charge on any atom is 0.224 e. The predicted octanol–water partition coefficient (Wildman–Crippen LogP) is 5.74. The molecular formula is C25H21N2+. The summed E-state index contributed by atoms with van der Waals surface area (Å²) in [6, 6.07) is 17.8. The van der Waals surface area contributed by atoms with Gasteiger partial charge in [-0.25, -0.2) is 4.57 Å². The molecule has 0 saturated heterocycles. The van der Waals surface area contributed by atoms with E-state index in [2.05, 4.69) is 91.5 Å². The number of para-hydroxylation sites is 1. The van der Waals surface area contributed by atoms with Crippen LogP contribution in [0.5, 0.6) is 0 Å². The van der Waals surface area contributed by atoms with Gasteiger partial charge in [-0.2, -0.15) is 0 Å². The fourth-order valence-electron chi connectivity index (χ4n) is 5.12. The van der Waals surface area contributed by atoms with Gasteiger partial charge in [0.1, 0.15) is 7.05 Å². The summed E-state index contributed by atoms with van der Waals surface area (Å²) in [6.07, 6.45) is 2.19. The van der Waals surface area contributed by atoms with E-state index < -0.39 is 0 Å². The van der Waals surface area contributed by atoms with Gasteiger partial charge in [-0.05, 0) is 55.0 Å². The van der Waals surface area contributed by atoms with Crippen LogP contribution >= 0.6 is 0 Å². The van der Waals surface area contributed by atoms with Crippen LogP contribution in [0.3, 0.4) is 0 Å². The highest BCUT2D eigenvalue weighted by Gasteiger charge is 2.25. The molecule has 27 heavy (non-hydrogen) atoms. The molecule has 6 rings (SSSR count). The van der Waals surface area contributed by atoms with Crippen LogP contribution in [0.15, 0.2) is 54.7 Å². The van der Waals surface area contributed by atoms with Gasteiger partial charge in [-0.1, -0.05) is 30.3 Å². The molecule has 0 aliphatic carbocycles. The molecule has 2 nitrogen and oxygen atoms in total. The standard InChI is InChI=1S/C25H21N2/c1-14-15(2)21-18-9-5-6-10-19(18)27-20-11-7-8-17-12-13-26(4)24(23(17)20)22(16(14)3)25(21)27/h5-13H,1-4H3/q+1. The number of hydrogen-bond acceptors (Lipinski definition) is 0. The number of aryl methyl sites for hydroxylation is 3. The molecule has 0 atom stereocenters. The van der Waals surface area contributed by atoms with Crippen molar-refractivity contribution < 1.29 is 4.57 Å². The van der Waals surface area contributed by atoms with E-state index in [-0.39, 0.29) is 0 Å². The molecule has 0 unspecified atom stereocenters. The number of aromatic nitrogens is 2. The Labute approximate surface area is 157 Å². The Balaban J connectivity index is 2.19. The van der Waals surface area contributed by atoms with Crippen molar-refractivity contribution in [1.29, 1.82) is 0 Å². The summed E-state index contributed by atoms with van der Waals surface area (Å²) in [4.78, 5) is 0. The van der Waals surface area contributed by atoms with E-state index in [1.165, 1.54) is 65.7 Å². The van der Waals surface area contributed by atoms with Crippen molar-refractivity contribution in [1.82, 2.24) is 4.40 Å². The normalized spacial score (nSPS) is 12.4. The van der Waals surface area contributed by atoms with Crippen molar-refractivity contribution in [2.75, 3.05) is 0 Å². The predicted molar refractivity (Wildman–Crippen MR) is 114 cm³/mol. The van der Waals surface area contributed by atoms with Crippen molar-refractivity contribution in [2.45, 2.75) is 20.8 Å². The Bertz CT molecular complexity index is 1550. The van der Waals surface area contributed by atoms with Gasteiger partial charge in [0.15, 0.2) is 6.20 Å². The van der Waals surface area contributed by atoms with E-state index in [9.17, 15) is 0 Å². The van der Waals surface area contributed by atoms with E-state index in [0.717, 1.165) is 0 Å². The molecule has 0 amide bonds. The molecule has 0 N–H and O–H groups in total. The van der Waals surface area contributed by atoms with Gasteiger partial charge >= 0.3 is 0 Å². The van der Waals surface area contributed by atoms with E-state index in [1.807, 2.05) is 0 Å². The summed E-state index contributed by atoms with van der Waals surface area (Å²) >= 11 is 0. The number of nitrogens with zero attached hydrogens (tertiary/aromatic N) is 2. The van der Waals surface area contributed by atoms with Gasteiger partial charge in [-0.15, -0.1) is 0 Å². The van der Waals surface area contributed by atoms with E-state index >= 15 is 0 Å². The zero-order valence-corrected chi connectivity index (χ0v) is 16.1. The number of fused-ring (bicyclic) bond motifs is 5. The molecular weight excluding hydrogens is 328 g/mol. The summed E-state index contributed by atoms with van der Waals surface area (Å²) in [6.45, 7) is 6.83. The molecule has 3 aromatic carbocycles. The fraction of sp³-hybridized carbons (Fsp3) is 0.160. The molecule has 2 heteroatoms. The first-order chi connectivity index (χ1) is 13.1. The van der Waals surface area contributed by atoms with E-state index in [1.54, 1.807) is 0 Å². The highest BCUT2D eigenvalue weighted by Crippen LogP contribution is 2.43. The highest BCUT2D eigenvalue weighted by atomic mass is 15.0. The third kappa shape index (κ3) is 1.60. The first-order valence-corrected chi connectivity index (χ1v) is 9.54. The van der Waals surface area contributed by atoms with Gasteiger partial charge in [0.25, 0.3) is 0 Å². The number of benzene rings is 3. The Morgan fingerprint density at radius 3 is 2.30 bits per heavy atom. The molecule has 3 aromatic heterocycles. The Kier molecular flexibility index (Phi) is 2.65. The minimum atomic E-state index is 1.29. The van der Waals surface area contributed by atoms with Gasteiger partial charge in [0.2, 0.25) is 5.52 Å². The maximum atomic E-state index is 2.49. The number of hydrogen-bond donors (Lipinski definition) is 0. The lowest BCUT2D eigenvalue weighted by Gasteiger charge is -2.15. The van der Waals surface area contributed by atoms with Gasteiger partial charge in [0.05, 0.1) is 27.3 Å². The highest BCUT2D eigenvalue weighted by molar-refractivity contribution is 6.26. The average Bonchev–Trinajstić information content (AvgIpc) is 3.03. The van der Waals surface area contributed by atoms with Crippen molar-refractivity contribution in [3.05, 3.63) is 71.4 Å². The zero-order valence-electron chi connectivity index (χ0n) is 16.1.